The second-order valence-electron chi connectivity index (χ2n) is 5.89. The summed E-state index contributed by atoms with van der Waals surface area (Å²) in [6, 6.07) is 0.178. The van der Waals surface area contributed by atoms with Gasteiger partial charge in [0, 0.05) is 30.7 Å². The summed E-state index contributed by atoms with van der Waals surface area (Å²) in [7, 11) is -2.83. The molecule has 2 heterocycles. The molecular weight excluding hydrogens is 240 g/mol. The minimum Gasteiger partial charge on any atom is -0.395 e. The Morgan fingerprint density at radius 3 is 2.71 bits per heavy atom. The number of sulfone groups is 1. The zero-order valence-electron chi connectivity index (χ0n) is 10.5. The largest absolute Gasteiger partial charge is 0.395 e. The monoisotopic (exact) mass is 262 g/mol. The molecular formula is C11H22N2O3S. The molecule has 0 aromatic carbocycles. The SMILES string of the molecule is CC1(C)CN(C2CCS(=O)(=O)C2)CC(CO)N1. The lowest BCUT2D eigenvalue weighted by atomic mass is 9.97. The maximum Gasteiger partial charge on any atom is 0.151 e. The van der Waals surface area contributed by atoms with Crippen LogP contribution in [0.5, 0.6) is 0 Å². The van der Waals surface area contributed by atoms with Crippen molar-refractivity contribution in [3.05, 3.63) is 0 Å². The summed E-state index contributed by atoms with van der Waals surface area (Å²) in [5, 5.41) is 12.7. The molecule has 0 amide bonds. The minimum atomic E-state index is -2.83. The maximum absolute atomic E-state index is 11.5. The maximum atomic E-state index is 11.5. The highest BCUT2D eigenvalue weighted by Crippen LogP contribution is 2.23. The summed E-state index contributed by atoms with van der Waals surface area (Å²) in [6.07, 6.45) is 0.733. The molecule has 5 nitrogen and oxygen atoms in total. The molecule has 0 aromatic rings. The van der Waals surface area contributed by atoms with Crippen LogP contribution in [0.2, 0.25) is 0 Å². The molecule has 2 N–H and O–H groups in total. The van der Waals surface area contributed by atoms with Crippen molar-refractivity contribution in [3.8, 4) is 0 Å². The molecule has 0 spiro atoms. The zero-order chi connectivity index (χ0) is 12.7. The van der Waals surface area contributed by atoms with E-state index in [0.29, 0.717) is 5.75 Å². The molecule has 2 atom stereocenters. The van der Waals surface area contributed by atoms with Crippen molar-refractivity contribution in [2.45, 2.75) is 37.9 Å². The summed E-state index contributed by atoms with van der Waals surface area (Å²) in [6.45, 7) is 5.85. The van der Waals surface area contributed by atoms with Crippen LogP contribution in [0.4, 0.5) is 0 Å². The molecule has 2 saturated heterocycles. The number of hydrogen-bond donors (Lipinski definition) is 2. The summed E-state index contributed by atoms with van der Waals surface area (Å²) < 4.78 is 23.0. The lowest BCUT2D eigenvalue weighted by Crippen LogP contribution is -2.64. The first-order valence-electron chi connectivity index (χ1n) is 6.14. The van der Waals surface area contributed by atoms with Gasteiger partial charge >= 0.3 is 0 Å². The molecule has 2 rings (SSSR count). The fraction of sp³-hybridized carbons (Fsp3) is 1.00. The van der Waals surface area contributed by atoms with Gasteiger partial charge in [0.25, 0.3) is 0 Å². The van der Waals surface area contributed by atoms with E-state index >= 15 is 0 Å². The average Bonchev–Trinajstić information content (AvgIpc) is 2.56. The number of aliphatic hydroxyl groups excluding tert-OH is 1. The van der Waals surface area contributed by atoms with Crippen molar-refractivity contribution in [2.24, 2.45) is 0 Å². The molecule has 6 heteroatoms. The molecule has 2 aliphatic heterocycles. The normalized spacial score (nSPS) is 37.1. The summed E-state index contributed by atoms with van der Waals surface area (Å²) in [5.41, 5.74) is -0.0714. The number of hydrogen-bond acceptors (Lipinski definition) is 5. The predicted octanol–water partition coefficient (Wildman–Crippen LogP) is -0.782. The van der Waals surface area contributed by atoms with Crippen LogP contribution in [-0.2, 0) is 9.84 Å². The molecule has 100 valence electrons. The van der Waals surface area contributed by atoms with Gasteiger partial charge in [0.1, 0.15) is 0 Å². The average molecular weight is 262 g/mol. The lowest BCUT2D eigenvalue weighted by molar-refractivity contribution is 0.0635. The van der Waals surface area contributed by atoms with E-state index in [0.717, 1.165) is 19.5 Å². The summed E-state index contributed by atoms with van der Waals surface area (Å²) >= 11 is 0. The van der Waals surface area contributed by atoms with Gasteiger partial charge in [0.05, 0.1) is 18.1 Å². The van der Waals surface area contributed by atoms with Crippen LogP contribution in [0.3, 0.4) is 0 Å². The van der Waals surface area contributed by atoms with Crippen molar-refractivity contribution < 1.29 is 13.5 Å². The number of rotatable bonds is 2. The Kier molecular flexibility index (Phi) is 3.51. The first-order valence-corrected chi connectivity index (χ1v) is 7.96. The molecule has 17 heavy (non-hydrogen) atoms. The van der Waals surface area contributed by atoms with Gasteiger partial charge in [0.15, 0.2) is 9.84 Å². The van der Waals surface area contributed by atoms with Crippen molar-refractivity contribution in [1.29, 1.82) is 0 Å². The molecule has 2 aliphatic rings. The second kappa shape index (κ2) is 4.50. The lowest BCUT2D eigenvalue weighted by Gasteiger charge is -2.45. The fourth-order valence-electron chi connectivity index (χ4n) is 2.94. The molecule has 0 saturated carbocycles. The third-order valence-corrected chi connectivity index (χ3v) is 5.34. The summed E-state index contributed by atoms with van der Waals surface area (Å²) in [4.78, 5) is 2.22. The van der Waals surface area contributed by atoms with Gasteiger partial charge in [-0.05, 0) is 20.3 Å². The van der Waals surface area contributed by atoms with Crippen LogP contribution in [0, 0.1) is 0 Å². The Balaban J connectivity index is 2.06. The predicted molar refractivity (Wildman–Crippen MR) is 66.7 cm³/mol. The Hall–Kier alpha value is -0.170. The van der Waals surface area contributed by atoms with Crippen LogP contribution in [-0.4, -0.2) is 67.2 Å². The third-order valence-electron chi connectivity index (χ3n) is 3.59. The van der Waals surface area contributed by atoms with Gasteiger partial charge in [0.2, 0.25) is 0 Å². The smallest absolute Gasteiger partial charge is 0.151 e. The third kappa shape index (κ3) is 3.19. The van der Waals surface area contributed by atoms with Gasteiger partial charge < -0.3 is 10.4 Å². The minimum absolute atomic E-state index is 0.0436. The van der Waals surface area contributed by atoms with E-state index in [2.05, 4.69) is 24.1 Å². The van der Waals surface area contributed by atoms with Crippen molar-refractivity contribution >= 4 is 9.84 Å². The zero-order valence-corrected chi connectivity index (χ0v) is 11.3. The van der Waals surface area contributed by atoms with Gasteiger partial charge in [-0.25, -0.2) is 8.42 Å². The van der Waals surface area contributed by atoms with E-state index in [1.165, 1.54) is 0 Å². The fourth-order valence-corrected chi connectivity index (χ4v) is 4.71. The Bertz CT molecular complexity index is 380. The van der Waals surface area contributed by atoms with E-state index in [4.69, 9.17) is 0 Å². The van der Waals surface area contributed by atoms with Crippen molar-refractivity contribution in [3.63, 3.8) is 0 Å². The molecule has 2 fully saturated rings. The molecule has 0 radical (unpaired) electrons. The van der Waals surface area contributed by atoms with Gasteiger partial charge in [-0.2, -0.15) is 0 Å². The Morgan fingerprint density at radius 2 is 2.18 bits per heavy atom. The molecule has 0 aliphatic carbocycles. The van der Waals surface area contributed by atoms with Gasteiger partial charge in [-0.15, -0.1) is 0 Å². The van der Waals surface area contributed by atoms with Gasteiger partial charge in [-0.1, -0.05) is 0 Å². The first kappa shape index (κ1) is 13.3. The van der Waals surface area contributed by atoms with Crippen LogP contribution < -0.4 is 5.32 Å². The quantitative estimate of drug-likeness (QED) is 0.683. The van der Waals surface area contributed by atoms with Gasteiger partial charge in [-0.3, -0.25) is 4.90 Å². The topological polar surface area (TPSA) is 69.6 Å². The van der Waals surface area contributed by atoms with Crippen LogP contribution in [0.1, 0.15) is 20.3 Å². The molecule has 0 aromatic heterocycles. The number of nitrogens with zero attached hydrogens (tertiary/aromatic N) is 1. The van der Waals surface area contributed by atoms with Crippen molar-refractivity contribution in [1.82, 2.24) is 10.2 Å². The highest BCUT2D eigenvalue weighted by molar-refractivity contribution is 7.91. The van der Waals surface area contributed by atoms with Crippen molar-refractivity contribution in [2.75, 3.05) is 31.2 Å². The van der Waals surface area contributed by atoms with Crippen LogP contribution in [0.15, 0.2) is 0 Å². The first-order chi connectivity index (χ1) is 7.81. The number of nitrogens with one attached hydrogen (secondary N) is 1. The van der Waals surface area contributed by atoms with E-state index in [1.54, 1.807) is 0 Å². The van der Waals surface area contributed by atoms with E-state index in [1.807, 2.05) is 0 Å². The second-order valence-corrected chi connectivity index (χ2v) is 8.12. The van der Waals surface area contributed by atoms with E-state index in [9.17, 15) is 13.5 Å². The Morgan fingerprint density at radius 1 is 1.47 bits per heavy atom. The van der Waals surface area contributed by atoms with Crippen LogP contribution >= 0.6 is 0 Å². The van der Waals surface area contributed by atoms with E-state index in [-0.39, 0.29) is 30.0 Å². The van der Waals surface area contributed by atoms with Crippen LogP contribution in [0.25, 0.3) is 0 Å². The highest BCUT2D eigenvalue weighted by Gasteiger charge is 2.39. The highest BCUT2D eigenvalue weighted by atomic mass is 32.2. The molecule has 0 bridgehead atoms. The summed E-state index contributed by atoms with van der Waals surface area (Å²) in [5.74, 6) is 0.590. The standard InChI is InChI=1S/C11H22N2O3S/c1-11(2)8-13(5-9(6-14)12-11)10-3-4-17(15,16)7-10/h9-10,12,14H,3-8H2,1-2H3. The number of piperazine rings is 1. The molecule has 2 unspecified atom stereocenters. The Labute approximate surface area is 103 Å². The number of aliphatic hydroxyl groups is 1. The van der Waals surface area contributed by atoms with E-state index < -0.39 is 9.84 Å².